The summed E-state index contributed by atoms with van der Waals surface area (Å²) in [4.78, 5) is 22.1. The van der Waals surface area contributed by atoms with Gasteiger partial charge < -0.3 is 9.80 Å². The minimum Gasteiger partial charge on any atom is -0.325 e. The van der Waals surface area contributed by atoms with Gasteiger partial charge in [0.05, 0.1) is 5.69 Å². The maximum absolute atomic E-state index is 13.2. The third-order valence-electron chi connectivity index (χ3n) is 7.54. The first-order valence-electron chi connectivity index (χ1n) is 12.1. The van der Waals surface area contributed by atoms with Gasteiger partial charge in [-0.2, -0.15) is 0 Å². The first-order valence-corrected chi connectivity index (χ1v) is 12.5. The Bertz CT molecular complexity index is 1030. The van der Waals surface area contributed by atoms with E-state index in [1.54, 1.807) is 0 Å². The number of hydrogen-bond donors (Lipinski definition) is 0. The van der Waals surface area contributed by atoms with E-state index in [4.69, 9.17) is 16.6 Å². The van der Waals surface area contributed by atoms with Crippen LogP contribution >= 0.6 is 11.6 Å². The molecule has 0 radical (unpaired) electrons. The summed E-state index contributed by atoms with van der Waals surface area (Å²) in [6.07, 6.45) is 11.7. The topological polar surface area (TPSA) is 36.4 Å². The Balaban J connectivity index is 1.42. The summed E-state index contributed by atoms with van der Waals surface area (Å²) >= 11 is 6.34. The fourth-order valence-corrected chi connectivity index (χ4v) is 5.89. The van der Waals surface area contributed by atoms with Crippen molar-refractivity contribution >= 4 is 23.2 Å². The van der Waals surface area contributed by atoms with Crippen LogP contribution in [0.5, 0.6) is 0 Å². The molecule has 0 N–H and O–H groups in total. The third-order valence-corrected chi connectivity index (χ3v) is 7.78. The first-order chi connectivity index (χ1) is 15.6. The fourth-order valence-electron chi connectivity index (χ4n) is 5.70. The largest absolute Gasteiger partial charge is 0.325 e. The second kappa shape index (κ2) is 9.27. The van der Waals surface area contributed by atoms with E-state index in [0.717, 1.165) is 62.3 Å². The molecule has 2 heterocycles. The number of urea groups is 1. The predicted octanol–water partition coefficient (Wildman–Crippen LogP) is 6.12. The summed E-state index contributed by atoms with van der Waals surface area (Å²) < 4.78 is 0. The van der Waals surface area contributed by atoms with Crippen LogP contribution in [0, 0.1) is 0 Å². The number of benzene rings is 1. The number of hydrogen-bond acceptors (Lipinski definition) is 2. The van der Waals surface area contributed by atoms with Gasteiger partial charge >= 0.3 is 6.03 Å². The monoisotopic (exact) mass is 449 g/mol. The van der Waals surface area contributed by atoms with E-state index >= 15 is 0 Å². The molecule has 4 nitrogen and oxygen atoms in total. The third kappa shape index (κ3) is 4.17. The van der Waals surface area contributed by atoms with Gasteiger partial charge in [0.25, 0.3) is 0 Å². The lowest BCUT2D eigenvalue weighted by atomic mass is 9.88. The molecule has 32 heavy (non-hydrogen) atoms. The summed E-state index contributed by atoms with van der Waals surface area (Å²) in [6.45, 7) is 1.56. The van der Waals surface area contributed by atoms with E-state index in [0.29, 0.717) is 6.04 Å². The molecule has 0 spiro atoms. The zero-order valence-corrected chi connectivity index (χ0v) is 19.7. The Labute approximate surface area is 196 Å². The van der Waals surface area contributed by atoms with Gasteiger partial charge in [-0.05, 0) is 73.4 Å². The van der Waals surface area contributed by atoms with Crippen molar-refractivity contribution in [3.8, 4) is 0 Å². The minimum absolute atomic E-state index is 0.201. The second-order valence-electron chi connectivity index (χ2n) is 9.46. The van der Waals surface area contributed by atoms with Crippen molar-refractivity contribution in [3.05, 3.63) is 69.5 Å². The molecule has 3 aliphatic rings. The van der Waals surface area contributed by atoms with Gasteiger partial charge in [0.1, 0.15) is 0 Å². The molecule has 2 amide bonds. The molecule has 5 rings (SSSR count). The number of aryl methyl sites for hydroxylation is 2. The highest BCUT2D eigenvalue weighted by Gasteiger charge is 2.30. The summed E-state index contributed by atoms with van der Waals surface area (Å²) in [6, 6.07) is 11.1. The van der Waals surface area contributed by atoms with Crippen molar-refractivity contribution in [2.75, 3.05) is 20.1 Å². The van der Waals surface area contributed by atoms with Gasteiger partial charge in [0.15, 0.2) is 0 Å². The van der Waals surface area contributed by atoms with E-state index in [1.165, 1.54) is 47.1 Å². The minimum atomic E-state index is 0.201. The van der Waals surface area contributed by atoms with Crippen molar-refractivity contribution in [1.29, 1.82) is 0 Å². The molecule has 1 aliphatic heterocycles. The first kappa shape index (κ1) is 21.5. The van der Waals surface area contributed by atoms with Crippen LogP contribution in [0.1, 0.15) is 67.3 Å². The maximum Gasteiger partial charge on any atom is 0.320 e. The Morgan fingerprint density at radius 2 is 1.78 bits per heavy atom. The number of amides is 2. The highest BCUT2D eigenvalue weighted by molar-refractivity contribution is 6.30. The molecular weight excluding hydrogens is 418 g/mol. The standard InChI is InChI=1S/C27H32ClN3O/c1-30(23-7-3-2-4-8-23)27(32)31-16-13-19(14-17-31)25-24-12-11-22(28)18-21(24)10-9-20-6-5-15-29-26(20)25/h5-6,11-12,15,18,23H,2-4,7-10,13-14,16-17H2,1H3. The molecule has 1 saturated heterocycles. The molecular formula is C27H32ClN3O. The molecule has 168 valence electrons. The summed E-state index contributed by atoms with van der Waals surface area (Å²) in [7, 11) is 2.00. The van der Waals surface area contributed by atoms with Crippen LogP contribution < -0.4 is 0 Å². The number of carbonyl (C=O) groups excluding carboxylic acids is 1. The lowest BCUT2D eigenvalue weighted by molar-refractivity contribution is 0.131. The van der Waals surface area contributed by atoms with Gasteiger partial charge in [0, 0.05) is 43.0 Å². The van der Waals surface area contributed by atoms with Crippen molar-refractivity contribution in [2.24, 2.45) is 0 Å². The normalized spacial score (nSPS) is 19.2. The van der Waals surface area contributed by atoms with Gasteiger partial charge in [-0.15, -0.1) is 0 Å². The van der Waals surface area contributed by atoms with E-state index in [1.807, 2.05) is 30.3 Å². The smallest absolute Gasteiger partial charge is 0.320 e. The average Bonchev–Trinajstić information content (AvgIpc) is 3.00. The maximum atomic E-state index is 13.2. The highest BCUT2D eigenvalue weighted by atomic mass is 35.5. The molecule has 2 fully saturated rings. The van der Waals surface area contributed by atoms with Crippen molar-refractivity contribution in [3.63, 3.8) is 0 Å². The van der Waals surface area contributed by atoms with E-state index < -0.39 is 0 Å². The molecule has 2 aromatic rings. The molecule has 0 unspecified atom stereocenters. The quantitative estimate of drug-likeness (QED) is 0.526. The number of piperidine rings is 1. The van der Waals surface area contributed by atoms with Crippen LogP contribution in [0.2, 0.25) is 5.02 Å². The molecule has 1 aromatic carbocycles. The van der Waals surface area contributed by atoms with Gasteiger partial charge in [-0.1, -0.05) is 48.6 Å². The molecule has 5 heteroatoms. The van der Waals surface area contributed by atoms with Crippen LogP contribution in [0.3, 0.4) is 0 Å². The molecule has 0 bridgehead atoms. The van der Waals surface area contributed by atoms with Crippen molar-refractivity contribution < 1.29 is 4.79 Å². The average molecular weight is 450 g/mol. The molecule has 1 aromatic heterocycles. The van der Waals surface area contributed by atoms with Crippen LogP contribution in [0.4, 0.5) is 4.79 Å². The molecule has 1 saturated carbocycles. The van der Waals surface area contributed by atoms with Crippen LogP contribution in [-0.4, -0.2) is 47.0 Å². The van der Waals surface area contributed by atoms with E-state index in [2.05, 4.69) is 23.1 Å². The number of likely N-dealkylation sites (tertiary alicyclic amines) is 1. The predicted molar refractivity (Wildman–Crippen MR) is 130 cm³/mol. The van der Waals surface area contributed by atoms with E-state index in [-0.39, 0.29) is 6.03 Å². The fraction of sp³-hybridized carbons (Fsp3) is 0.481. The number of rotatable bonds is 1. The second-order valence-corrected chi connectivity index (χ2v) is 9.90. The number of nitrogens with zero attached hydrogens (tertiary/aromatic N) is 3. The summed E-state index contributed by atoms with van der Waals surface area (Å²) in [5.74, 6) is 0. The molecule has 0 atom stereocenters. The Hall–Kier alpha value is -2.33. The summed E-state index contributed by atoms with van der Waals surface area (Å²) in [5.41, 5.74) is 7.67. The number of aromatic nitrogens is 1. The van der Waals surface area contributed by atoms with Crippen LogP contribution in [0.25, 0.3) is 5.57 Å². The Morgan fingerprint density at radius 1 is 1.03 bits per heavy atom. The summed E-state index contributed by atoms with van der Waals surface area (Å²) in [5, 5.41) is 0.790. The van der Waals surface area contributed by atoms with Gasteiger partial charge in [-0.3, -0.25) is 4.98 Å². The number of halogens is 1. The van der Waals surface area contributed by atoms with Crippen LogP contribution in [0.15, 0.2) is 42.1 Å². The Kier molecular flexibility index (Phi) is 6.23. The highest BCUT2D eigenvalue weighted by Crippen LogP contribution is 2.38. The van der Waals surface area contributed by atoms with Gasteiger partial charge in [-0.25, -0.2) is 4.79 Å². The molecule has 2 aliphatic carbocycles. The van der Waals surface area contributed by atoms with E-state index in [9.17, 15) is 4.79 Å². The van der Waals surface area contributed by atoms with Crippen molar-refractivity contribution in [2.45, 2.75) is 63.8 Å². The SMILES string of the molecule is CN(C(=O)N1CCC(=C2c3ccc(Cl)cc3CCc3cccnc32)CC1)C1CCCCC1. The lowest BCUT2D eigenvalue weighted by Crippen LogP contribution is -2.48. The number of fused-ring (bicyclic) bond motifs is 2. The Morgan fingerprint density at radius 3 is 2.56 bits per heavy atom. The number of carbonyl (C=O) groups is 1. The lowest BCUT2D eigenvalue weighted by Gasteiger charge is -2.37. The number of pyridine rings is 1. The zero-order valence-electron chi connectivity index (χ0n) is 18.9. The zero-order chi connectivity index (χ0) is 22.1. The van der Waals surface area contributed by atoms with Crippen molar-refractivity contribution in [1.82, 2.24) is 14.8 Å². The van der Waals surface area contributed by atoms with Crippen LogP contribution in [-0.2, 0) is 12.8 Å². The van der Waals surface area contributed by atoms with Gasteiger partial charge in [0.2, 0.25) is 0 Å².